The van der Waals surface area contributed by atoms with Crippen LogP contribution in [0.1, 0.15) is 39.0 Å². The number of aromatic nitrogens is 1. The number of ether oxygens (including phenoxy) is 1. The van der Waals surface area contributed by atoms with Crippen LogP contribution < -0.4 is 10.1 Å². The molecular formula is C14H21BrN2O. The van der Waals surface area contributed by atoms with Crippen LogP contribution in [0.4, 0.5) is 0 Å². The van der Waals surface area contributed by atoms with E-state index >= 15 is 0 Å². The molecule has 1 aromatic heterocycles. The predicted octanol–water partition coefficient (Wildman–Crippen LogP) is 3.53. The van der Waals surface area contributed by atoms with Crippen molar-refractivity contribution in [2.24, 2.45) is 0 Å². The summed E-state index contributed by atoms with van der Waals surface area (Å²) in [5.41, 5.74) is 0. The van der Waals surface area contributed by atoms with Crippen LogP contribution in [0.3, 0.4) is 0 Å². The Bertz CT molecular complexity index is 367. The van der Waals surface area contributed by atoms with Crippen molar-refractivity contribution in [2.45, 2.75) is 51.2 Å². The van der Waals surface area contributed by atoms with Gasteiger partial charge in [-0.1, -0.05) is 19.3 Å². The molecule has 4 heteroatoms. The topological polar surface area (TPSA) is 34.1 Å². The van der Waals surface area contributed by atoms with Gasteiger partial charge in [-0.3, -0.25) is 4.98 Å². The number of halogens is 1. The lowest BCUT2D eigenvalue weighted by molar-refractivity contribution is 0.204. The fourth-order valence-electron chi connectivity index (χ4n) is 2.37. The Kier molecular flexibility index (Phi) is 5.45. The van der Waals surface area contributed by atoms with Gasteiger partial charge in [0.25, 0.3) is 0 Å². The van der Waals surface area contributed by atoms with Gasteiger partial charge in [0.1, 0.15) is 11.9 Å². The zero-order valence-corrected chi connectivity index (χ0v) is 12.4. The molecule has 1 N–H and O–H groups in total. The second kappa shape index (κ2) is 7.10. The van der Waals surface area contributed by atoms with Gasteiger partial charge in [0.2, 0.25) is 0 Å². The van der Waals surface area contributed by atoms with Gasteiger partial charge in [0, 0.05) is 23.3 Å². The second-order valence-electron chi connectivity index (χ2n) is 5.01. The maximum Gasteiger partial charge on any atom is 0.139 e. The summed E-state index contributed by atoms with van der Waals surface area (Å²) in [7, 11) is 0. The zero-order chi connectivity index (χ0) is 12.8. The lowest BCUT2D eigenvalue weighted by Gasteiger charge is -2.25. The van der Waals surface area contributed by atoms with Gasteiger partial charge in [-0.25, -0.2) is 0 Å². The smallest absolute Gasteiger partial charge is 0.139 e. The van der Waals surface area contributed by atoms with E-state index in [1.807, 2.05) is 6.07 Å². The Morgan fingerprint density at radius 1 is 1.39 bits per heavy atom. The van der Waals surface area contributed by atoms with E-state index in [0.717, 1.165) is 16.8 Å². The van der Waals surface area contributed by atoms with E-state index in [1.54, 1.807) is 12.4 Å². The second-order valence-corrected chi connectivity index (χ2v) is 5.93. The summed E-state index contributed by atoms with van der Waals surface area (Å²) in [4.78, 5) is 4.09. The largest absolute Gasteiger partial charge is 0.488 e. The van der Waals surface area contributed by atoms with Crippen LogP contribution in [-0.2, 0) is 0 Å². The van der Waals surface area contributed by atoms with Crippen molar-refractivity contribution in [1.82, 2.24) is 10.3 Å². The fraction of sp³-hybridized carbons (Fsp3) is 0.643. The predicted molar refractivity (Wildman–Crippen MR) is 76.9 cm³/mol. The zero-order valence-electron chi connectivity index (χ0n) is 10.9. The molecule has 1 heterocycles. The van der Waals surface area contributed by atoms with Crippen LogP contribution in [0.5, 0.6) is 5.75 Å². The van der Waals surface area contributed by atoms with E-state index in [0.29, 0.717) is 6.04 Å². The van der Waals surface area contributed by atoms with E-state index in [2.05, 4.69) is 33.2 Å². The van der Waals surface area contributed by atoms with Gasteiger partial charge in [0.05, 0.1) is 6.20 Å². The molecule has 1 fully saturated rings. The highest BCUT2D eigenvalue weighted by Crippen LogP contribution is 2.18. The number of hydrogen-bond donors (Lipinski definition) is 1. The quantitative estimate of drug-likeness (QED) is 0.903. The third-order valence-corrected chi connectivity index (χ3v) is 3.75. The molecule has 1 aliphatic rings. The highest BCUT2D eigenvalue weighted by molar-refractivity contribution is 9.10. The lowest BCUT2D eigenvalue weighted by atomic mass is 9.95. The van der Waals surface area contributed by atoms with Gasteiger partial charge in [-0.15, -0.1) is 0 Å². The number of hydrogen-bond acceptors (Lipinski definition) is 3. The Balaban J connectivity index is 1.72. The van der Waals surface area contributed by atoms with Crippen LogP contribution in [-0.4, -0.2) is 23.7 Å². The van der Waals surface area contributed by atoms with Crippen LogP contribution in [0, 0.1) is 0 Å². The van der Waals surface area contributed by atoms with Crippen LogP contribution in [0.2, 0.25) is 0 Å². The summed E-state index contributed by atoms with van der Waals surface area (Å²) in [6.45, 7) is 2.99. The van der Waals surface area contributed by atoms with Crippen molar-refractivity contribution >= 4 is 15.9 Å². The monoisotopic (exact) mass is 312 g/mol. The molecule has 0 radical (unpaired) electrons. The molecule has 1 saturated carbocycles. The number of pyridine rings is 1. The Hall–Kier alpha value is -0.610. The first-order valence-corrected chi connectivity index (χ1v) is 7.54. The molecular weight excluding hydrogens is 292 g/mol. The first-order valence-electron chi connectivity index (χ1n) is 6.74. The average molecular weight is 313 g/mol. The van der Waals surface area contributed by atoms with E-state index in [-0.39, 0.29) is 6.10 Å². The van der Waals surface area contributed by atoms with Crippen molar-refractivity contribution in [2.75, 3.05) is 6.54 Å². The number of nitrogens with zero attached hydrogens (tertiary/aromatic N) is 1. The Labute approximate surface area is 117 Å². The van der Waals surface area contributed by atoms with Gasteiger partial charge in [-0.2, -0.15) is 0 Å². The molecule has 0 amide bonds. The molecule has 0 aliphatic heterocycles. The minimum atomic E-state index is 0.169. The number of rotatable bonds is 5. The van der Waals surface area contributed by atoms with Crippen LogP contribution in [0.15, 0.2) is 22.9 Å². The van der Waals surface area contributed by atoms with Crippen molar-refractivity contribution in [3.05, 3.63) is 22.9 Å². The summed E-state index contributed by atoms with van der Waals surface area (Å²) >= 11 is 3.40. The Morgan fingerprint density at radius 2 is 2.17 bits per heavy atom. The van der Waals surface area contributed by atoms with Crippen molar-refractivity contribution in [3.63, 3.8) is 0 Å². The minimum Gasteiger partial charge on any atom is -0.488 e. The van der Waals surface area contributed by atoms with Crippen molar-refractivity contribution < 1.29 is 4.74 Å². The summed E-state index contributed by atoms with van der Waals surface area (Å²) in [6, 6.07) is 2.63. The molecule has 0 bridgehead atoms. The summed E-state index contributed by atoms with van der Waals surface area (Å²) < 4.78 is 6.78. The Morgan fingerprint density at radius 3 is 2.89 bits per heavy atom. The molecule has 1 aliphatic carbocycles. The number of nitrogens with one attached hydrogen (secondary N) is 1. The van der Waals surface area contributed by atoms with E-state index < -0.39 is 0 Å². The third-order valence-electron chi connectivity index (χ3n) is 3.32. The van der Waals surface area contributed by atoms with Crippen molar-refractivity contribution in [3.8, 4) is 5.75 Å². The molecule has 100 valence electrons. The van der Waals surface area contributed by atoms with E-state index in [4.69, 9.17) is 4.74 Å². The fourth-order valence-corrected chi connectivity index (χ4v) is 2.71. The molecule has 0 spiro atoms. The maximum atomic E-state index is 5.83. The molecule has 1 atom stereocenters. The lowest BCUT2D eigenvalue weighted by Crippen LogP contribution is -2.37. The van der Waals surface area contributed by atoms with E-state index in [9.17, 15) is 0 Å². The van der Waals surface area contributed by atoms with Gasteiger partial charge in [0.15, 0.2) is 0 Å². The molecule has 1 unspecified atom stereocenters. The van der Waals surface area contributed by atoms with E-state index in [1.165, 1.54) is 32.1 Å². The van der Waals surface area contributed by atoms with Crippen molar-refractivity contribution in [1.29, 1.82) is 0 Å². The van der Waals surface area contributed by atoms with Gasteiger partial charge in [-0.05, 0) is 41.8 Å². The average Bonchev–Trinajstić information content (AvgIpc) is 2.38. The summed E-state index contributed by atoms with van der Waals surface area (Å²) in [6.07, 6.45) is 10.4. The molecule has 1 aromatic rings. The molecule has 0 aromatic carbocycles. The van der Waals surface area contributed by atoms with Gasteiger partial charge >= 0.3 is 0 Å². The maximum absolute atomic E-state index is 5.83. The first kappa shape index (κ1) is 13.8. The SMILES string of the molecule is CC(CNC1CCCCC1)Oc1cncc(Br)c1. The highest BCUT2D eigenvalue weighted by atomic mass is 79.9. The molecule has 18 heavy (non-hydrogen) atoms. The summed E-state index contributed by atoms with van der Waals surface area (Å²) in [5, 5.41) is 3.60. The summed E-state index contributed by atoms with van der Waals surface area (Å²) in [5.74, 6) is 0.822. The first-order chi connectivity index (χ1) is 8.74. The normalized spacial score (nSPS) is 18.6. The van der Waals surface area contributed by atoms with Crippen LogP contribution >= 0.6 is 15.9 Å². The molecule has 0 saturated heterocycles. The standard InChI is InChI=1S/C14H21BrN2O/c1-11(8-17-13-5-3-2-4-6-13)18-14-7-12(15)9-16-10-14/h7,9-11,13,17H,2-6,8H2,1H3. The highest BCUT2D eigenvalue weighted by Gasteiger charge is 2.14. The molecule has 2 rings (SSSR count). The van der Waals surface area contributed by atoms with Crippen LogP contribution in [0.25, 0.3) is 0 Å². The minimum absolute atomic E-state index is 0.169. The third kappa shape index (κ3) is 4.58. The molecule has 3 nitrogen and oxygen atoms in total. The van der Waals surface area contributed by atoms with Gasteiger partial charge < -0.3 is 10.1 Å².